The molecule has 0 radical (unpaired) electrons. The van der Waals surface area contributed by atoms with Gasteiger partial charge in [0.1, 0.15) is 5.82 Å². The number of ether oxygens (including phenoxy) is 1. The topological polar surface area (TPSA) is 38.5 Å². The molecule has 2 unspecified atom stereocenters. The van der Waals surface area contributed by atoms with E-state index in [0.717, 1.165) is 30.8 Å². The third kappa shape index (κ3) is 3.45. The Bertz CT molecular complexity index is 464. The number of allylic oxidation sites excluding steroid dienone is 1. The van der Waals surface area contributed by atoms with Gasteiger partial charge in [-0.15, -0.1) is 6.58 Å². The molecule has 2 N–H and O–H groups in total. The zero-order valence-electron chi connectivity index (χ0n) is 12.0. The van der Waals surface area contributed by atoms with Crippen molar-refractivity contribution in [2.45, 2.75) is 18.4 Å². The minimum atomic E-state index is -0.201. The molecule has 4 heteroatoms. The van der Waals surface area contributed by atoms with Crippen LogP contribution in [-0.2, 0) is 11.2 Å². The van der Waals surface area contributed by atoms with Gasteiger partial charge in [-0.3, -0.25) is 4.90 Å². The van der Waals surface area contributed by atoms with Gasteiger partial charge < -0.3 is 10.5 Å². The van der Waals surface area contributed by atoms with Crippen LogP contribution < -0.4 is 5.73 Å². The third-order valence-electron chi connectivity index (χ3n) is 3.92. The van der Waals surface area contributed by atoms with Gasteiger partial charge in [-0.05, 0) is 29.7 Å². The molecule has 2 rings (SSSR count). The van der Waals surface area contributed by atoms with E-state index in [1.807, 2.05) is 6.07 Å². The quantitative estimate of drug-likeness (QED) is 0.808. The minimum absolute atomic E-state index is 0.0842. The molecule has 0 spiro atoms. The van der Waals surface area contributed by atoms with E-state index in [-0.39, 0.29) is 17.8 Å². The molecule has 1 fully saturated rings. The number of nitrogens with two attached hydrogens (primary N) is 1. The van der Waals surface area contributed by atoms with Crippen molar-refractivity contribution in [2.24, 2.45) is 5.73 Å². The molecule has 1 heterocycles. The van der Waals surface area contributed by atoms with E-state index >= 15 is 0 Å². The highest BCUT2D eigenvalue weighted by Gasteiger charge is 2.32. The van der Waals surface area contributed by atoms with E-state index in [1.54, 1.807) is 19.3 Å². The maximum Gasteiger partial charge on any atom is 0.123 e. The van der Waals surface area contributed by atoms with E-state index in [4.69, 9.17) is 10.5 Å². The summed E-state index contributed by atoms with van der Waals surface area (Å²) in [5.41, 5.74) is 8.42. The first-order chi connectivity index (χ1) is 9.65. The highest BCUT2D eigenvalue weighted by atomic mass is 19.1. The molecular weight excluding hydrogens is 255 g/mol. The molecule has 1 aliphatic heterocycles. The van der Waals surface area contributed by atoms with Crippen LogP contribution in [0.4, 0.5) is 4.39 Å². The van der Waals surface area contributed by atoms with E-state index in [1.165, 1.54) is 6.07 Å². The highest BCUT2D eigenvalue weighted by Crippen LogP contribution is 2.29. The zero-order valence-corrected chi connectivity index (χ0v) is 12.0. The summed E-state index contributed by atoms with van der Waals surface area (Å²) in [5, 5.41) is 0. The van der Waals surface area contributed by atoms with Crippen LogP contribution in [0.3, 0.4) is 0 Å². The van der Waals surface area contributed by atoms with Crippen LogP contribution in [0, 0.1) is 5.82 Å². The van der Waals surface area contributed by atoms with E-state index in [9.17, 15) is 4.39 Å². The van der Waals surface area contributed by atoms with Crippen LogP contribution in [0.1, 0.15) is 17.0 Å². The number of rotatable bonds is 6. The fourth-order valence-electron chi connectivity index (χ4n) is 2.91. The van der Waals surface area contributed by atoms with Crippen molar-refractivity contribution >= 4 is 0 Å². The molecule has 20 heavy (non-hydrogen) atoms. The SMILES string of the molecule is C=CCc1cc(F)ccc1C1CN(CCOC)CC1N. The second-order valence-electron chi connectivity index (χ2n) is 5.36. The summed E-state index contributed by atoms with van der Waals surface area (Å²) in [5.74, 6) is 0.0517. The molecule has 0 bridgehead atoms. The molecule has 1 aliphatic rings. The Morgan fingerprint density at radius 1 is 1.50 bits per heavy atom. The molecule has 0 aromatic heterocycles. The van der Waals surface area contributed by atoms with Crippen LogP contribution in [0.15, 0.2) is 30.9 Å². The smallest absolute Gasteiger partial charge is 0.123 e. The molecule has 110 valence electrons. The predicted octanol–water partition coefficient (Wildman–Crippen LogP) is 1.93. The number of nitrogens with zero attached hydrogens (tertiary/aromatic N) is 1. The Morgan fingerprint density at radius 2 is 2.30 bits per heavy atom. The van der Waals surface area contributed by atoms with Crippen molar-refractivity contribution in [3.8, 4) is 0 Å². The Kier molecular flexibility index (Phi) is 5.29. The molecule has 0 amide bonds. The van der Waals surface area contributed by atoms with Crippen molar-refractivity contribution in [3.63, 3.8) is 0 Å². The zero-order chi connectivity index (χ0) is 14.5. The molecule has 0 aliphatic carbocycles. The predicted molar refractivity (Wildman–Crippen MR) is 79.3 cm³/mol. The molecule has 0 saturated carbocycles. The van der Waals surface area contributed by atoms with E-state index in [2.05, 4.69) is 11.5 Å². The summed E-state index contributed by atoms with van der Waals surface area (Å²) < 4.78 is 18.5. The summed E-state index contributed by atoms with van der Waals surface area (Å²) in [6.45, 7) is 7.11. The van der Waals surface area contributed by atoms with Crippen LogP contribution in [-0.4, -0.2) is 44.3 Å². The lowest BCUT2D eigenvalue weighted by Crippen LogP contribution is -2.30. The number of likely N-dealkylation sites (tertiary alicyclic amines) is 1. The van der Waals surface area contributed by atoms with Crippen LogP contribution in [0.25, 0.3) is 0 Å². The highest BCUT2D eigenvalue weighted by molar-refractivity contribution is 5.34. The molecule has 1 aromatic rings. The summed E-state index contributed by atoms with van der Waals surface area (Å²) in [6, 6.07) is 5.08. The second-order valence-corrected chi connectivity index (χ2v) is 5.36. The number of benzene rings is 1. The van der Waals surface area contributed by atoms with Crippen molar-refractivity contribution in [2.75, 3.05) is 33.4 Å². The number of methoxy groups -OCH3 is 1. The lowest BCUT2D eigenvalue weighted by atomic mass is 9.89. The Hall–Kier alpha value is -1.23. The molecule has 1 aromatic carbocycles. The molecule has 1 saturated heterocycles. The van der Waals surface area contributed by atoms with Gasteiger partial charge in [-0.2, -0.15) is 0 Å². The first-order valence-electron chi connectivity index (χ1n) is 7.01. The maximum absolute atomic E-state index is 13.4. The lowest BCUT2D eigenvalue weighted by molar-refractivity contribution is 0.160. The van der Waals surface area contributed by atoms with Gasteiger partial charge in [0.2, 0.25) is 0 Å². The average Bonchev–Trinajstić information content (AvgIpc) is 2.78. The summed E-state index contributed by atoms with van der Waals surface area (Å²) in [7, 11) is 1.70. The van der Waals surface area contributed by atoms with Crippen molar-refractivity contribution in [3.05, 3.63) is 47.8 Å². The lowest BCUT2D eigenvalue weighted by Gasteiger charge is -2.19. The fraction of sp³-hybridized carbons (Fsp3) is 0.500. The third-order valence-corrected chi connectivity index (χ3v) is 3.92. The van der Waals surface area contributed by atoms with Gasteiger partial charge in [0.05, 0.1) is 6.61 Å². The average molecular weight is 278 g/mol. The van der Waals surface area contributed by atoms with Gasteiger partial charge in [0.25, 0.3) is 0 Å². The van der Waals surface area contributed by atoms with Crippen LogP contribution >= 0.6 is 0 Å². The first kappa shape index (κ1) is 15.2. The molecule has 3 nitrogen and oxygen atoms in total. The maximum atomic E-state index is 13.4. The summed E-state index contributed by atoms with van der Waals surface area (Å²) in [6.07, 6.45) is 2.48. The molecule has 2 atom stereocenters. The van der Waals surface area contributed by atoms with Gasteiger partial charge in [0.15, 0.2) is 0 Å². The first-order valence-corrected chi connectivity index (χ1v) is 7.01. The largest absolute Gasteiger partial charge is 0.383 e. The second kappa shape index (κ2) is 6.97. The number of hydrogen-bond acceptors (Lipinski definition) is 3. The standard InChI is InChI=1S/C16H23FN2O/c1-3-4-12-9-13(17)5-6-14(12)15-10-19(7-8-20-2)11-16(15)18/h3,5-6,9,15-16H,1,4,7-8,10-11,18H2,2H3. The van der Waals surface area contributed by atoms with Crippen LogP contribution in [0.2, 0.25) is 0 Å². The van der Waals surface area contributed by atoms with E-state index < -0.39 is 0 Å². The van der Waals surface area contributed by atoms with Gasteiger partial charge in [0, 0.05) is 38.7 Å². The van der Waals surface area contributed by atoms with Gasteiger partial charge >= 0.3 is 0 Å². The monoisotopic (exact) mass is 278 g/mol. The van der Waals surface area contributed by atoms with Crippen molar-refractivity contribution in [1.82, 2.24) is 4.90 Å². The Labute approximate surface area is 120 Å². The molecular formula is C16H23FN2O. The Morgan fingerprint density at radius 3 is 3.00 bits per heavy atom. The van der Waals surface area contributed by atoms with Crippen molar-refractivity contribution in [1.29, 1.82) is 0 Å². The van der Waals surface area contributed by atoms with Gasteiger partial charge in [-0.25, -0.2) is 4.39 Å². The Balaban J connectivity index is 2.16. The summed E-state index contributed by atoms with van der Waals surface area (Å²) in [4.78, 5) is 2.31. The minimum Gasteiger partial charge on any atom is -0.383 e. The fourth-order valence-corrected chi connectivity index (χ4v) is 2.91. The van der Waals surface area contributed by atoms with Crippen molar-refractivity contribution < 1.29 is 9.13 Å². The van der Waals surface area contributed by atoms with Crippen LogP contribution in [0.5, 0.6) is 0 Å². The normalized spacial score (nSPS) is 23.1. The van der Waals surface area contributed by atoms with E-state index in [0.29, 0.717) is 13.0 Å². The number of halogens is 1. The van der Waals surface area contributed by atoms with Gasteiger partial charge in [-0.1, -0.05) is 12.1 Å². The summed E-state index contributed by atoms with van der Waals surface area (Å²) >= 11 is 0. The number of hydrogen-bond donors (Lipinski definition) is 1.